The van der Waals surface area contributed by atoms with Crippen LogP contribution in [0.3, 0.4) is 0 Å². The monoisotopic (exact) mass is 229 g/mol. The average molecular weight is 229 g/mol. The van der Waals surface area contributed by atoms with Crippen molar-refractivity contribution < 1.29 is 19.1 Å². The molecule has 5 heteroatoms. The lowest BCUT2D eigenvalue weighted by molar-refractivity contribution is -0.140. The van der Waals surface area contributed by atoms with Crippen LogP contribution in [0.2, 0.25) is 0 Å². The van der Waals surface area contributed by atoms with Gasteiger partial charge < -0.3 is 14.8 Å². The Labute approximate surface area is 95.5 Å². The summed E-state index contributed by atoms with van der Waals surface area (Å²) in [5.41, 5.74) is -0.255. The van der Waals surface area contributed by atoms with Crippen LogP contribution in [0.15, 0.2) is 0 Å². The molecule has 1 N–H and O–H groups in total. The molecule has 1 rings (SSSR count). The Hall–Kier alpha value is -1.10. The van der Waals surface area contributed by atoms with Crippen molar-refractivity contribution in [1.82, 2.24) is 5.32 Å². The summed E-state index contributed by atoms with van der Waals surface area (Å²) in [6.45, 7) is 0.325. The van der Waals surface area contributed by atoms with Crippen LogP contribution in [-0.4, -0.2) is 38.2 Å². The van der Waals surface area contributed by atoms with Gasteiger partial charge in [-0.1, -0.05) is 0 Å². The van der Waals surface area contributed by atoms with Gasteiger partial charge >= 0.3 is 5.97 Å². The highest BCUT2D eigenvalue weighted by Crippen LogP contribution is 2.37. The fourth-order valence-electron chi connectivity index (χ4n) is 1.79. The topological polar surface area (TPSA) is 64.6 Å². The van der Waals surface area contributed by atoms with Crippen LogP contribution in [0.1, 0.15) is 32.1 Å². The van der Waals surface area contributed by atoms with Crippen LogP contribution in [-0.2, 0) is 19.1 Å². The molecule has 0 aliphatic heterocycles. The van der Waals surface area contributed by atoms with Crippen molar-refractivity contribution in [2.75, 3.05) is 20.8 Å². The van der Waals surface area contributed by atoms with Crippen molar-refractivity contribution in [3.63, 3.8) is 0 Å². The number of hydrogen-bond acceptors (Lipinski definition) is 4. The number of esters is 1. The molecular weight excluding hydrogens is 210 g/mol. The Morgan fingerprint density at radius 3 is 2.44 bits per heavy atom. The zero-order valence-corrected chi connectivity index (χ0v) is 9.88. The van der Waals surface area contributed by atoms with E-state index in [-0.39, 0.29) is 23.9 Å². The summed E-state index contributed by atoms with van der Waals surface area (Å²) in [4.78, 5) is 22.3. The number of carbonyl (C=O) groups excluding carboxylic acids is 2. The van der Waals surface area contributed by atoms with Crippen LogP contribution < -0.4 is 5.32 Å². The second-order valence-electron chi connectivity index (χ2n) is 4.09. The number of carbonyl (C=O) groups is 2. The lowest BCUT2D eigenvalue weighted by Gasteiger charge is -2.39. The van der Waals surface area contributed by atoms with E-state index in [1.165, 1.54) is 7.11 Å². The first-order chi connectivity index (χ1) is 7.62. The summed E-state index contributed by atoms with van der Waals surface area (Å²) in [5.74, 6) is -0.379. The normalized spacial score (nSPS) is 17.4. The van der Waals surface area contributed by atoms with E-state index in [2.05, 4.69) is 10.1 Å². The third-order valence-corrected chi connectivity index (χ3v) is 3.06. The van der Waals surface area contributed by atoms with Gasteiger partial charge in [0.15, 0.2) is 0 Å². The van der Waals surface area contributed by atoms with Crippen molar-refractivity contribution in [1.29, 1.82) is 0 Å². The van der Waals surface area contributed by atoms with Gasteiger partial charge in [0, 0.05) is 13.7 Å². The molecule has 0 heterocycles. The maximum absolute atomic E-state index is 11.5. The lowest BCUT2D eigenvalue weighted by atomic mass is 9.77. The Balaban J connectivity index is 2.18. The van der Waals surface area contributed by atoms with Crippen molar-refractivity contribution in [3.8, 4) is 0 Å². The quantitative estimate of drug-likeness (QED) is 0.678. The van der Waals surface area contributed by atoms with E-state index in [4.69, 9.17) is 4.74 Å². The molecule has 0 aromatic heterocycles. The van der Waals surface area contributed by atoms with E-state index in [0.29, 0.717) is 13.0 Å². The third-order valence-electron chi connectivity index (χ3n) is 3.06. The molecule has 1 aliphatic rings. The van der Waals surface area contributed by atoms with E-state index >= 15 is 0 Å². The minimum Gasteiger partial charge on any atom is -0.469 e. The van der Waals surface area contributed by atoms with Crippen molar-refractivity contribution in [2.24, 2.45) is 0 Å². The molecule has 0 unspecified atom stereocenters. The molecular formula is C11H19NO4. The van der Waals surface area contributed by atoms with Crippen molar-refractivity contribution >= 4 is 11.9 Å². The Bertz CT molecular complexity index is 255. The van der Waals surface area contributed by atoms with E-state index in [1.54, 1.807) is 7.11 Å². The number of hydrogen-bond donors (Lipinski definition) is 1. The number of methoxy groups -OCH3 is 2. The molecule has 0 saturated heterocycles. The van der Waals surface area contributed by atoms with Crippen LogP contribution in [0.5, 0.6) is 0 Å². The zero-order chi connectivity index (χ0) is 12.0. The van der Waals surface area contributed by atoms with Crippen LogP contribution >= 0.6 is 0 Å². The smallest absolute Gasteiger partial charge is 0.307 e. The first-order valence-corrected chi connectivity index (χ1v) is 5.50. The Morgan fingerprint density at radius 2 is 2.00 bits per heavy atom. The van der Waals surface area contributed by atoms with Gasteiger partial charge in [-0.25, -0.2) is 0 Å². The molecule has 1 aliphatic carbocycles. The number of amides is 1. The van der Waals surface area contributed by atoms with E-state index in [1.807, 2.05) is 0 Å². The minimum absolute atomic E-state index is 0.0644. The highest BCUT2D eigenvalue weighted by Gasteiger charge is 2.38. The number of rotatable bonds is 6. The average Bonchev–Trinajstić information content (AvgIpc) is 2.23. The Kier molecular flexibility index (Phi) is 4.73. The second-order valence-corrected chi connectivity index (χ2v) is 4.09. The highest BCUT2D eigenvalue weighted by atomic mass is 16.5. The molecule has 1 fully saturated rings. The summed E-state index contributed by atoms with van der Waals surface area (Å²) in [7, 11) is 2.97. The van der Waals surface area contributed by atoms with Crippen LogP contribution in [0, 0.1) is 0 Å². The SMILES string of the molecule is COC(=O)CCNC(=O)CC1(OC)CCC1. The largest absolute Gasteiger partial charge is 0.469 e. The zero-order valence-electron chi connectivity index (χ0n) is 9.88. The third kappa shape index (κ3) is 3.48. The van der Waals surface area contributed by atoms with Gasteiger partial charge in [0.25, 0.3) is 0 Å². The molecule has 0 bridgehead atoms. The summed E-state index contributed by atoms with van der Waals surface area (Å²) >= 11 is 0. The first kappa shape index (κ1) is 13.0. The van der Waals surface area contributed by atoms with Crippen LogP contribution in [0.25, 0.3) is 0 Å². The van der Waals surface area contributed by atoms with Gasteiger partial charge in [-0.3, -0.25) is 9.59 Å². The molecule has 16 heavy (non-hydrogen) atoms. The van der Waals surface area contributed by atoms with Crippen molar-refractivity contribution in [2.45, 2.75) is 37.7 Å². The van der Waals surface area contributed by atoms with E-state index < -0.39 is 0 Å². The van der Waals surface area contributed by atoms with Gasteiger partial charge in [0.1, 0.15) is 0 Å². The molecule has 5 nitrogen and oxygen atoms in total. The summed E-state index contributed by atoms with van der Waals surface area (Å²) in [6, 6.07) is 0. The number of nitrogens with one attached hydrogen (secondary N) is 1. The molecule has 0 aromatic rings. The Morgan fingerprint density at radius 1 is 1.31 bits per heavy atom. The molecule has 0 aromatic carbocycles. The number of ether oxygens (including phenoxy) is 2. The van der Waals surface area contributed by atoms with Gasteiger partial charge in [-0.05, 0) is 19.3 Å². The van der Waals surface area contributed by atoms with Gasteiger partial charge in [-0.15, -0.1) is 0 Å². The maximum Gasteiger partial charge on any atom is 0.307 e. The molecule has 0 spiro atoms. The van der Waals surface area contributed by atoms with Crippen LogP contribution in [0.4, 0.5) is 0 Å². The molecule has 1 amide bonds. The van der Waals surface area contributed by atoms with Crippen molar-refractivity contribution in [3.05, 3.63) is 0 Å². The first-order valence-electron chi connectivity index (χ1n) is 5.50. The molecule has 92 valence electrons. The standard InChI is InChI=1S/C11H19NO4/c1-15-10(14)4-7-12-9(13)8-11(16-2)5-3-6-11/h3-8H2,1-2H3,(H,12,13). The lowest BCUT2D eigenvalue weighted by Crippen LogP contribution is -2.44. The maximum atomic E-state index is 11.5. The van der Waals surface area contributed by atoms with E-state index in [0.717, 1.165) is 19.3 Å². The van der Waals surface area contributed by atoms with Gasteiger partial charge in [0.2, 0.25) is 5.91 Å². The van der Waals surface area contributed by atoms with E-state index in [9.17, 15) is 9.59 Å². The minimum atomic E-state index is -0.314. The van der Waals surface area contributed by atoms with Gasteiger partial charge in [-0.2, -0.15) is 0 Å². The predicted octanol–water partition coefficient (Wildman–Crippen LogP) is 0.625. The summed E-state index contributed by atoms with van der Waals surface area (Å²) < 4.78 is 9.81. The summed E-state index contributed by atoms with van der Waals surface area (Å²) in [6.07, 6.45) is 3.58. The second kappa shape index (κ2) is 5.84. The molecule has 0 atom stereocenters. The highest BCUT2D eigenvalue weighted by molar-refractivity contribution is 5.78. The summed E-state index contributed by atoms with van der Waals surface area (Å²) in [5, 5.41) is 2.69. The molecule has 1 saturated carbocycles. The fraction of sp³-hybridized carbons (Fsp3) is 0.818. The van der Waals surface area contributed by atoms with Gasteiger partial charge in [0.05, 0.1) is 25.6 Å². The fourth-order valence-corrected chi connectivity index (χ4v) is 1.79. The predicted molar refractivity (Wildman–Crippen MR) is 57.9 cm³/mol. The molecule has 0 radical (unpaired) electrons.